The molecule has 1 N–H and O–H groups in total. The number of aliphatic hydroxyl groups is 1. The summed E-state index contributed by atoms with van der Waals surface area (Å²) in [5.74, 6) is 0.227. The average molecular weight is 205 g/mol. The second-order valence-electron chi connectivity index (χ2n) is 3.97. The third-order valence-corrected chi connectivity index (χ3v) is 2.80. The van der Waals surface area contributed by atoms with Crippen molar-refractivity contribution in [2.24, 2.45) is 0 Å². The molecule has 0 aliphatic carbocycles. The number of ketones is 1. The summed E-state index contributed by atoms with van der Waals surface area (Å²) in [6.45, 7) is 1.29. The van der Waals surface area contributed by atoms with Crippen molar-refractivity contribution < 1.29 is 9.90 Å². The Bertz CT molecular complexity index is 337. The molecule has 80 valence electrons. The van der Waals surface area contributed by atoms with E-state index >= 15 is 0 Å². The Kier molecular flexibility index (Phi) is 3.14. The van der Waals surface area contributed by atoms with E-state index < -0.39 is 0 Å². The SMILES string of the molecule is O=C1C[C@@H](CO)N(Cc2ccccc2)C1. The smallest absolute Gasteiger partial charge is 0.148 e. The second-order valence-corrected chi connectivity index (χ2v) is 3.97. The number of hydrogen-bond donors (Lipinski definition) is 1. The maximum absolute atomic E-state index is 11.3. The van der Waals surface area contributed by atoms with Crippen LogP contribution < -0.4 is 0 Å². The van der Waals surface area contributed by atoms with Gasteiger partial charge in [-0.3, -0.25) is 9.69 Å². The van der Waals surface area contributed by atoms with Gasteiger partial charge in [-0.15, -0.1) is 0 Å². The van der Waals surface area contributed by atoms with Crippen LogP contribution in [0.3, 0.4) is 0 Å². The lowest BCUT2D eigenvalue weighted by molar-refractivity contribution is -0.117. The molecule has 2 rings (SSSR count). The molecule has 1 aliphatic rings. The predicted molar refractivity (Wildman–Crippen MR) is 57.3 cm³/mol. The third-order valence-electron chi connectivity index (χ3n) is 2.80. The average Bonchev–Trinajstić information content (AvgIpc) is 2.60. The lowest BCUT2D eigenvalue weighted by Gasteiger charge is -2.21. The molecule has 0 amide bonds. The number of carbonyl (C=O) groups excluding carboxylic acids is 1. The highest BCUT2D eigenvalue weighted by Crippen LogP contribution is 2.17. The first-order chi connectivity index (χ1) is 7.29. The van der Waals surface area contributed by atoms with Crippen LogP contribution in [-0.2, 0) is 11.3 Å². The van der Waals surface area contributed by atoms with E-state index in [4.69, 9.17) is 5.11 Å². The molecule has 1 saturated heterocycles. The van der Waals surface area contributed by atoms with Gasteiger partial charge in [-0.25, -0.2) is 0 Å². The minimum Gasteiger partial charge on any atom is -0.395 e. The molecular formula is C12H15NO2. The highest BCUT2D eigenvalue weighted by molar-refractivity contribution is 5.83. The topological polar surface area (TPSA) is 40.5 Å². The number of hydrogen-bond acceptors (Lipinski definition) is 3. The van der Waals surface area contributed by atoms with Crippen molar-refractivity contribution in [1.82, 2.24) is 4.90 Å². The van der Waals surface area contributed by atoms with Crippen LogP contribution in [0.4, 0.5) is 0 Å². The molecule has 1 atom stereocenters. The lowest BCUT2D eigenvalue weighted by atomic mass is 10.2. The summed E-state index contributed by atoms with van der Waals surface area (Å²) in [6.07, 6.45) is 0.489. The van der Waals surface area contributed by atoms with E-state index in [-0.39, 0.29) is 18.4 Å². The van der Waals surface area contributed by atoms with Crippen LogP contribution in [0.2, 0.25) is 0 Å². The molecule has 3 nitrogen and oxygen atoms in total. The molecule has 1 aromatic carbocycles. The molecule has 0 radical (unpaired) electrons. The van der Waals surface area contributed by atoms with Gasteiger partial charge in [0.25, 0.3) is 0 Å². The van der Waals surface area contributed by atoms with Gasteiger partial charge in [0.2, 0.25) is 0 Å². The van der Waals surface area contributed by atoms with Crippen molar-refractivity contribution >= 4 is 5.78 Å². The van der Waals surface area contributed by atoms with Gasteiger partial charge >= 0.3 is 0 Å². The van der Waals surface area contributed by atoms with Gasteiger partial charge in [0.05, 0.1) is 13.2 Å². The summed E-state index contributed by atoms with van der Waals surface area (Å²) in [5.41, 5.74) is 1.19. The molecule has 1 fully saturated rings. The second kappa shape index (κ2) is 4.55. The number of likely N-dealkylation sites (tertiary alicyclic amines) is 1. The van der Waals surface area contributed by atoms with Crippen LogP contribution in [0.25, 0.3) is 0 Å². The van der Waals surface area contributed by atoms with Crippen LogP contribution in [0, 0.1) is 0 Å². The van der Waals surface area contributed by atoms with Gasteiger partial charge < -0.3 is 5.11 Å². The zero-order chi connectivity index (χ0) is 10.7. The first kappa shape index (κ1) is 10.3. The van der Waals surface area contributed by atoms with Crippen LogP contribution >= 0.6 is 0 Å². The molecule has 1 aromatic rings. The Hall–Kier alpha value is -1.19. The fourth-order valence-electron chi connectivity index (χ4n) is 2.00. The van der Waals surface area contributed by atoms with Gasteiger partial charge in [-0.1, -0.05) is 30.3 Å². The highest BCUT2D eigenvalue weighted by Gasteiger charge is 2.29. The summed E-state index contributed by atoms with van der Waals surface area (Å²) in [5, 5.41) is 9.14. The van der Waals surface area contributed by atoms with Crippen molar-refractivity contribution in [2.45, 2.75) is 19.0 Å². The van der Waals surface area contributed by atoms with Crippen LogP contribution in [0.15, 0.2) is 30.3 Å². The van der Waals surface area contributed by atoms with E-state index in [1.165, 1.54) is 5.56 Å². The number of benzene rings is 1. The normalized spacial score (nSPS) is 22.2. The standard InChI is InChI=1S/C12H15NO2/c14-9-11-6-12(15)8-13(11)7-10-4-2-1-3-5-10/h1-5,11,14H,6-9H2/t11-/m0/s1. The quantitative estimate of drug-likeness (QED) is 0.794. The van der Waals surface area contributed by atoms with Crippen LogP contribution in [0.1, 0.15) is 12.0 Å². The van der Waals surface area contributed by atoms with Crippen molar-refractivity contribution in [1.29, 1.82) is 0 Å². The first-order valence-electron chi connectivity index (χ1n) is 5.20. The minimum atomic E-state index is 0.0118. The molecule has 3 heteroatoms. The zero-order valence-corrected chi connectivity index (χ0v) is 8.60. The van der Waals surface area contributed by atoms with Crippen molar-refractivity contribution in [2.75, 3.05) is 13.2 Å². The number of aliphatic hydroxyl groups excluding tert-OH is 1. The van der Waals surface area contributed by atoms with E-state index in [1.54, 1.807) is 0 Å². The fourth-order valence-corrected chi connectivity index (χ4v) is 2.00. The van der Waals surface area contributed by atoms with Gasteiger partial charge in [0.15, 0.2) is 0 Å². The molecule has 0 saturated carbocycles. The zero-order valence-electron chi connectivity index (χ0n) is 8.60. The summed E-state index contributed by atoms with van der Waals surface area (Å²) in [6, 6.07) is 10.0. The minimum absolute atomic E-state index is 0.0118. The highest BCUT2D eigenvalue weighted by atomic mass is 16.3. The maximum atomic E-state index is 11.3. The van der Waals surface area contributed by atoms with E-state index in [0.29, 0.717) is 13.0 Å². The molecule has 1 aliphatic heterocycles. The van der Waals surface area contributed by atoms with E-state index in [9.17, 15) is 4.79 Å². The van der Waals surface area contributed by atoms with Crippen molar-refractivity contribution in [3.05, 3.63) is 35.9 Å². The maximum Gasteiger partial charge on any atom is 0.148 e. The Morgan fingerprint density at radius 3 is 2.73 bits per heavy atom. The van der Waals surface area contributed by atoms with Crippen LogP contribution in [0.5, 0.6) is 0 Å². The van der Waals surface area contributed by atoms with Crippen molar-refractivity contribution in [3.63, 3.8) is 0 Å². The summed E-state index contributed by atoms with van der Waals surface area (Å²) < 4.78 is 0. The monoisotopic (exact) mass is 205 g/mol. The third kappa shape index (κ3) is 2.43. The van der Waals surface area contributed by atoms with Gasteiger partial charge in [-0.2, -0.15) is 0 Å². The summed E-state index contributed by atoms with van der Waals surface area (Å²) in [7, 11) is 0. The van der Waals surface area contributed by atoms with Gasteiger partial charge in [-0.05, 0) is 5.56 Å². The Morgan fingerprint density at radius 1 is 1.33 bits per heavy atom. The van der Waals surface area contributed by atoms with Crippen LogP contribution in [-0.4, -0.2) is 35.0 Å². The fraction of sp³-hybridized carbons (Fsp3) is 0.417. The largest absolute Gasteiger partial charge is 0.395 e. The van der Waals surface area contributed by atoms with Gasteiger partial charge in [0.1, 0.15) is 5.78 Å². The van der Waals surface area contributed by atoms with E-state index in [1.807, 2.05) is 35.2 Å². The Balaban J connectivity index is 2.03. The number of Topliss-reactive ketones (excluding diaryl/α,β-unsaturated/α-hetero) is 1. The predicted octanol–water partition coefficient (Wildman–Crippen LogP) is 0.822. The molecule has 0 spiro atoms. The number of rotatable bonds is 3. The van der Waals surface area contributed by atoms with Crippen molar-refractivity contribution in [3.8, 4) is 0 Å². The number of carbonyl (C=O) groups is 1. The molecule has 1 heterocycles. The van der Waals surface area contributed by atoms with Gasteiger partial charge in [0, 0.05) is 19.0 Å². The molecule has 0 aromatic heterocycles. The molecule has 0 unspecified atom stereocenters. The Labute approximate surface area is 89.3 Å². The van der Waals surface area contributed by atoms with E-state index in [0.717, 1.165) is 6.54 Å². The first-order valence-corrected chi connectivity index (χ1v) is 5.20. The molecule has 0 bridgehead atoms. The summed E-state index contributed by atoms with van der Waals surface area (Å²) >= 11 is 0. The molecule has 15 heavy (non-hydrogen) atoms. The van der Waals surface area contributed by atoms with E-state index in [2.05, 4.69) is 0 Å². The molecular weight excluding hydrogens is 190 g/mol. The lowest BCUT2D eigenvalue weighted by Crippen LogP contribution is -2.31. The Morgan fingerprint density at radius 2 is 2.07 bits per heavy atom. The summed E-state index contributed by atoms with van der Waals surface area (Å²) in [4.78, 5) is 13.3. The number of nitrogens with zero attached hydrogens (tertiary/aromatic N) is 1.